The van der Waals surface area contributed by atoms with Gasteiger partial charge < -0.3 is 29.2 Å². The van der Waals surface area contributed by atoms with Crippen molar-refractivity contribution in [2.24, 2.45) is 0 Å². The number of para-hydroxylation sites is 1. The van der Waals surface area contributed by atoms with Crippen LogP contribution in [0.4, 0.5) is 4.79 Å². The minimum Gasteiger partial charge on any atom is -0.497 e. The van der Waals surface area contributed by atoms with Gasteiger partial charge in [-0.15, -0.1) is 0 Å². The number of urea groups is 1. The molecule has 8 heteroatoms. The number of nitrogens with one attached hydrogen (secondary N) is 1. The topological polar surface area (TPSA) is 86.3 Å². The summed E-state index contributed by atoms with van der Waals surface area (Å²) >= 11 is 0. The lowest BCUT2D eigenvalue weighted by Gasteiger charge is -2.33. The maximum absolute atomic E-state index is 13.0. The number of ether oxygens (including phenoxy) is 4. The summed E-state index contributed by atoms with van der Waals surface area (Å²) in [6.45, 7) is 1.97. The lowest BCUT2D eigenvalue weighted by Crippen LogP contribution is -2.46. The van der Waals surface area contributed by atoms with Crippen LogP contribution in [0.15, 0.2) is 59.8 Å². The van der Waals surface area contributed by atoms with Crippen LogP contribution in [0.25, 0.3) is 0 Å². The highest BCUT2D eigenvalue weighted by Crippen LogP contribution is 2.37. The van der Waals surface area contributed by atoms with Gasteiger partial charge in [-0.3, -0.25) is 0 Å². The van der Waals surface area contributed by atoms with Crippen LogP contribution < -0.4 is 19.5 Å². The SMILES string of the molecule is COc1ccc(OC)c(C2NC(=O)N(C)C(C)=C2C(=O)OCCOc2ccccc2)c1. The van der Waals surface area contributed by atoms with Gasteiger partial charge in [0.15, 0.2) is 0 Å². The molecule has 3 rings (SSSR count). The molecule has 2 aromatic carbocycles. The molecule has 1 atom stereocenters. The van der Waals surface area contributed by atoms with Gasteiger partial charge in [-0.05, 0) is 37.3 Å². The van der Waals surface area contributed by atoms with E-state index >= 15 is 0 Å². The Balaban J connectivity index is 1.82. The third-order valence-corrected chi connectivity index (χ3v) is 5.05. The second kappa shape index (κ2) is 9.88. The van der Waals surface area contributed by atoms with Crippen LogP contribution in [0.2, 0.25) is 0 Å². The fourth-order valence-electron chi connectivity index (χ4n) is 3.29. The van der Waals surface area contributed by atoms with Crippen molar-refractivity contribution in [1.82, 2.24) is 10.2 Å². The molecule has 8 nitrogen and oxygen atoms in total. The Labute approximate surface area is 181 Å². The second-order valence-electron chi connectivity index (χ2n) is 6.85. The quantitative estimate of drug-likeness (QED) is 0.515. The molecule has 0 aliphatic carbocycles. The zero-order valence-corrected chi connectivity index (χ0v) is 18.0. The van der Waals surface area contributed by atoms with Crippen LogP contribution in [0, 0.1) is 0 Å². The van der Waals surface area contributed by atoms with Crippen LogP contribution in [0.1, 0.15) is 18.5 Å². The highest BCUT2D eigenvalue weighted by atomic mass is 16.6. The van der Waals surface area contributed by atoms with E-state index in [0.717, 1.165) is 0 Å². The first kappa shape index (κ1) is 22.0. The van der Waals surface area contributed by atoms with Gasteiger partial charge in [-0.1, -0.05) is 18.2 Å². The summed E-state index contributed by atoms with van der Waals surface area (Å²) in [4.78, 5) is 26.9. The van der Waals surface area contributed by atoms with Crippen LogP contribution >= 0.6 is 0 Å². The molecule has 2 aromatic rings. The highest BCUT2D eigenvalue weighted by Gasteiger charge is 2.36. The number of hydrogen-bond acceptors (Lipinski definition) is 6. The zero-order chi connectivity index (χ0) is 22.4. The number of esters is 1. The van der Waals surface area contributed by atoms with E-state index in [9.17, 15) is 9.59 Å². The first-order chi connectivity index (χ1) is 15.0. The van der Waals surface area contributed by atoms with E-state index in [0.29, 0.717) is 34.1 Å². The molecule has 0 saturated heterocycles. The molecule has 1 aliphatic rings. The summed E-state index contributed by atoms with van der Waals surface area (Å²) in [6, 6.07) is 13.4. The molecule has 0 fully saturated rings. The minimum atomic E-state index is -0.753. The fraction of sp³-hybridized carbons (Fsp3) is 0.304. The molecular weight excluding hydrogens is 400 g/mol. The molecule has 0 radical (unpaired) electrons. The van der Waals surface area contributed by atoms with Crippen molar-refractivity contribution in [2.45, 2.75) is 13.0 Å². The van der Waals surface area contributed by atoms with Crippen molar-refractivity contribution in [3.63, 3.8) is 0 Å². The predicted octanol–water partition coefficient (Wildman–Crippen LogP) is 3.30. The minimum absolute atomic E-state index is 0.0597. The average molecular weight is 426 g/mol. The Hall–Kier alpha value is -3.68. The van der Waals surface area contributed by atoms with Crippen molar-refractivity contribution < 1.29 is 28.5 Å². The number of carbonyl (C=O) groups excluding carboxylic acids is 2. The summed E-state index contributed by atoms with van der Waals surface area (Å²) in [7, 11) is 4.66. The molecule has 2 amide bonds. The first-order valence-corrected chi connectivity index (χ1v) is 9.78. The van der Waals surface area contributed by atoms with E-state index in [1.807, 2.05) is 30.3 Å². The van der Waals surface area contributed by atoms with Gasteiger partial charge in [0.2, 0.25) is 0 Å². The van der Waals surface area contributed by atoms with Gasteiger partial charge >= 0.3 is 12.0 Å². The fourth-order valence-corrected chi connectivity index (χ4v) is 3.29. The number of allylic oxidation sites excluding steroid dienone is 1. The number of rotatable bonds is 8. The van der Waals surface area contributed by atoms with Crippen LogP contribution in [0.3, 0.4) is 0 Å². The Bertz CT molecular complexity index is 973. The third-order valence-electron chi connectivity index (χ3n) is 5.05. The molecule has 0 saturated carbocycles. The van der Waals surface area contributed by atoms with Crippen molar-refractivity contribution in [3.8, 4) is 17.2 Å². The van der Waals surface area contributed by atoms with Crippen LogP contribution in [-0.4, -0.2) is 51.4 Å². The lowest BCUT2D eigenvalue weighted by atomic mass is 9.94. The van der Waals surface area contributed by atoms with Crippen molar-refractivity contribution in [2.75, 3.05) is 34.5 Å². The number of nitrogens with zero attached hydrogens (tertiary/aromatic N) is 1. The average Bonchev–Trinajstić information content (AvgIpc) is 2.80. The van der Waals surface area contributed by atoms with Gasteiger partial charge in [0.25, 0.3) is 0 Å². The molecule has 1 heterocycles. The standard InChI is InChI=1S/C23H26N2O6/c1-15-20(22(26)31-13-12-30-16-8-6-5-7-9-16)21(24-23(27)25(15)2)18-14-17(28-3)10-11-19(18)29-4/h5-11,14,21H,12-13H2,1-4H3,(H,24,27). The maximum Gasteiger partial charge on any atom is 0.338 e. The Morgan fingerprint density at radius 2 is 1.77 bits per heavy atom. The molecule has 164 valence electrons. The number of carbonyl (C=O) groups is 2. The van der Waals surface area contributed by atoms with E-state index in [4.69, 9.17) is 18.9 Å². The van der Waals surface area contributed by atoms with Gasteiger partial charge in [0.05, 0.1) is 25.8 Å². The Kier molecular flexibility index (Phi) is 7.02. The number of benzene rings is 2. The van der Waals surface area contributed by atoms with E-state index in [1.165, 1.54) is 12.0 Å². The molecular formula is C23H26N2O6. The number of hydrogen-bond donors (Lipinski definition) is 1. The van der Waals surface area contributed by atoms with E-state index in [-0.39, 0.29) is 19.2 Å². The van der Waals surface area contributed by atoms with Crippen molar-refractivity contribution >= 4 is 12.0 Å². The number of amides is 2. The monoisotopic (exact) mass is 426 g/mol. The van der Waals surface area contributed by atoms with E-state index in [1.54, 1.807) is 39.3 Å². The summed E-state index contributed by atoms with van der Waals surface area (Å²) < 4.78 is 21.8. The van der Waals surface area contributed by atoms with E-state index in [2.05, 4.69) is 5.32 Å². The van der Waals surface area contributed by atoms with Gasteiger partial charge in [0.1, 0.15) is 30.5 Å². The maximum atomic E-state index is 13.0. The smallest absolute Gasteiger partial charge is 0.338 e. The van der Waals surface area contributed by atoms with Crippen molar-refractivity contribution in [1.29, 1.82) is 0 Å². The first-order valence-electron chi connectivity index (χ1n) is 9.78. The summed E-state index contributed by atoms with van der Waals surface area (Å²) in [5.74, 6) is 1.24. The van der Waals surface area contributed by atoms with Crippen molar-refractivity contribution in [3.05, 3.63) is 65.4 Å². The zero-order valence-electron chi connectivity index (χ0n) is 18.0. The largest absolute Gasteiger partial charge is 0.497 e. The molecule has 0 bridgehead atoms. The normalized spacial score (nSPS) is 15.9. The molecule has 1 unspecified atom stereocenters. The molecule has 0 aromatic heterocycles. The highest BCUT2D eigenvalue weighted by molar-refractivity contribution is 5.95. The third kappa shape index (κ3) is 4.91. The van der Waals surface area contributed by atoms with E-state index < -0.39 is 12.0 Å². The summed E-state index contributed by atoms with van der Waals surface area (Å²) in [5, 5.41) is 2.85. The molecule has 1 aliphatic heterocycles. The molecule has 31 heavy (non-hydrogen) atoms. The van der Waals surface area contributed by atoms with Crippen LogP contribution in [-0.2, 0) is 9.53 Å². The van der Waals surface area contributed by atoms with Gasteiger partial charge in [-0.2, -0.15) is 0 Å². The summed E-state index contributed by atoms with van der Waals surface area (Å²) in [5.41, 5.74) is 1.40. The Morgan fingerprint density at radius 3 is 2.45 bits per heavy atom. The van der Waals surface area contributed by atoms with Gasteiger partial charge in [-0.25, -0.2) is 9.59 Å². The van der Waals surface area contributed by atoms with Crippen LogP contribution in [0.5, 0.6) is 17.2 Å². The molecule has 0 spiro atoms. The van der Waals surface area contributed by atoms with Gasteiger partial charge in [0, 0.05) is 18.3 Å². The Morgan fingerprint density at radius 1 is 1.03 bits per heavy atom. The lowest BCUT2D eigenvalue weighted by molar-refractivity contribution is -0.140. The summed E-state index contributed by atoms with van der Waals surface area (Å²) in [6.07, 6.45) is 0. The number of methoxy groups -OCH3 is 2. The predicted molar refractivity (Wildman–Crippen MR) is 114 cm³/mol. The second-order valence-corrected chi connectivity index (χ2v) is 6.85. The molecule has 1 N–H and O–H groups in total.